The fourth-order valence-electron chi connectivity index (χ4n) is 3.11. The molecule has 1 aromatic carbocycles. The number of amides is 1. The zero-order chi connectivity index (χ0) is 16.2. The van der Waals surface area contributed by atoms with Gasteiger partial charge in [-0.05, 0) is 31.0 Å². The van der Waals surface area contributed by atoms with Gasteiger partial charge in [0.1, 0.15) is 5.82 Å². The molecule has 23 heavy (non-hydrogen) atoms. The number of carbonyl (C=O) groups is 1. The summed E-state index contributed by atoms with van der Waals surface area (Å²) >= 11 is 0. The number of rotatable bonds is 5. The molecule has 0 radical (unpaired) electrons. The minimum atomic E-state index is -0.248. The molecular formula is C17H24N4O2. The van der Waals surface area contributed by atoms with Crippen LogP contribution in [0.2, 0.25) is 0 Å². The van der Waals surface area contributed by atoms with Gasteiger partial charge < -0.3 is 20.4 Å². The van der Waals surface area contributed by atoms with E-state index in [2.05, 4.69) is 9.88 Å². The van der Waals surface area contributed by atoms with Gasteiger partial charge >= 0.3 is 0 Å². The van der Waals surface area contributed by atoms with Crippen LogP contribution < -0.4 is 11.1 Å². The number of methoxy groups -OCH3 is 1. The Bertz CT molecular complexity index is 691. The number of imidazole rings is 1. The Labute approximate surface area is 136 Å². The van der Waals surface area contributed by atoms with Crippen molar-refractivity contribution in [3.8, 4) is 0 Å². The van der Waals surface area contributed by atoms with Crippen molar-refractivity contribution in [3.05, 3.63) is 24.0 Å². The Morgan fingerprint density at radius 3 is 3.09 bits per heavy atom. The summed E-state index contributed by atoms with van der Waals surface area (Å²) in [6.07, 6.45) is 4.70. The third-order valence-electron chi connectivity index (χ3n) is 4.40. The second-order valence-electron chi connectivity index (χ2n) is 6.04. The van der Waals surface area contributed by atoms with E-state index in [9.17, 15) is 4.79 Å². The fourth-order valence-corrected chi connectivity index (χ4v) is 3.11. The number of benzene rings is 1. The molecule has 124 valence electrons. The lowest BCUT2D eigenvalue weighted by atomic mass is 10.2. The van der Waals surface area contributed by atoms with Gasteiger partial charge in [0.2, 0.25) is 5.91 Å². The Morgan fingerprint density at radius 1 is 1.43 bits per heavy atom. The average Bonchev–Trinajstić information content (AvgIpc) is 2.73. The van der Waals surface area contributed by atoms with Crippen LogP contribution in [0.25, 0.3) is 11.0 Å². The van der Waals surface area contributed by atoms with E-state index < -0.39 is 0 Å². The summed E-state index contributed by atoms with van der Waals surface area (Å²) in [5.41, 5.74) is 8.41. The predicted molar refractivity (Wildman–Crippen MR) is 90.4 cm³/mol. The number of nitrogens with two attached hydrogens (primary N) is 1. The van der Waals surface area contributed by atoms with Gasteiger partial charge in [-0.1, -0.05) is 6.42 Å². The van der Waals surface area contributed by atoms with Gasteiger partial charge in [0.25, 0.3) is 0 Å². The third kappa shape index (κ3) is 3.54. The molecule has 3 rings (SSSR count). The van der Waals surface area contributed by atoms with Crippen LogP contribution >= 0.6 is 0 Å². The van der Waals surface area contributed by atoms with Crippen molar-refractivity contribution in [2.24, 2.45) is 5.73 Å². The van der Waals surface area contributed by atoms with E-state index in [0.717, 1.165) is 35.5 Å². The van der Waals surface area contributed by atoms with Crippen LogP contribution in [-0.2, 0) is 22.5 Å². The molecular weight excluding hydrogens is 292 g/mol. The van der Waals surface area contributed by atoms with Crippen molar-refractivity contribution in [1.82, 2.24) is 9.55 Å². The number of nitrogens with one attached hydrogen (secondary N) is 1. The maximum atomic E-state index is 12.0. The molecule has 1 aliphatic rings. The topological polar surface area (TPSA) is 82.2 Å². The Kier molecular flexibility index (Phi) is 4.93. The lowest BCUT2D eigenvalue weighted by Crippen LogP contribution is -2.28. The minimum absolute atomic E-state index is 0.0950. The van der Waals surface area contributed by atoms with E-state index >= 15 is 0 Å². The summed E-state index contributed by atoms with van der Waals surface area (Å²) in [5, 5.41) is 2.90. The van der Waals surface area contributed by atoms with E-state index in [1.807, 2.05) is 18.2 Å². The SMILES string of the molecule is COC(CN)CC(=O)Nc1ccc2c(c1)nc1n2CCCCC1. The van der Waals surface area contributed by atoms with Crippen molar-refractivity contribution >= 4 is 22.6 Å². The highest BCUT2D eigenvalue weighted by atomic mass is 16.5. The number of hydrogen-bond donors (Lipinski definition) is 2. The highest BCUT2D eigenvalue weighted by Crippen LogP contribution is 2.24. The number of anilines is 1. The number of fused-ring (bicyclic) bond motifs is 3. The number of hydrogen-bond acceptors (Lipinski definition) is 4. The number of aryl methyl sites for hydroxylation is 2. The molecule has 1 amide bonds. The van der Waals surface area contributed by atoms with Gasteiger partial charge in [0, 0.05) is 32.3 Å². The molecule has 0 saturated carbocycles. The first kappa shape index (κ1) is 16.0. The molecule has 1 aromatic heterocycles. The van der Waals surface area contributed by atoms with E-state index in [4.69, 9.17) is 15.5 Å². The third-order valence-corrected chi connectivity index (χ3v) is 4.40. The first-order valence-corrected chi connectivity index (χ1v) is 8.23. The molecule has 0 bridgehead atoms. The summed E-state index contributed by atoms with van der Waals surface area (Å²) in [5.74, 6) is 1.06. The Balaban J connectivity index is 1.77. The largest absolute Gasteiger partial charge is 0.380 e. The van der Waals surface area contributed by atoms with Gasteiger partial charge in [0.05, 0.1) is 23.6 Å². The van der Waals surface area contributed by atoms with E-state index in [1.54, 1.807) is 7.11 Å². The number of nitrogens with zero attached hydrogens (tertiary/aromatic N) is 2. The molecule has 0 fully saturated rings. The molecule has 3 N–H and O–H groups in total. The standard InChI is InChI=1S/C17H24N4O2/c1-23-13(11-18)10-17(22)19-12-6-7-15-14(9-12)20-16-5-3-2-4-8-21(15)16/h6-7,9,13H,2-5,8,10-11,18H2,1H3,(H,19,22). The van der Waals surface area contributed by atoms with Crippen molar-refractivity contribution in [1.29, 1.82) is 0 Å². The zero-order valence-electron chi connectivity index (χ0n) is 13.5. The first-order valence-electron chi connectivity index (χ1n) is 8.23. The second-order valence-corrected chi connectivity index (χ2v) is 6.04. The highest BCUT2D eigenvalue weighted by Gasteiger charge is 2.15. The van der Waals surface area contributed by atoms with Gasteiger partial charge in [-0.25, -0.2) is 4.98 Å². The number of aromatic nitrogens is 2. The average molecular weight is 316 g/mol. The second kappa shape index (κ2) is 7.10. The van der Waals surface area contributed by atoms with Gasteiger partial charge in [-0.2, -0.15) is 0 Å². The zero-order valence-corrected chi connectivity index (χ0v) is 13.5. The Morgan fingerprint density at radius 2 is 2.30 bits per heavy atom. The minimum Gasteiger partial charge on any atom is -0.380 e. The lowest BCUT2D eigenvalue weighted by molar-refractivity contribution is -0.118. The molecule has 1 unspecified atom stereocenters. The van der Waals surface area contributed by atoms with Gasteiger partial charge in [0.15, 0.2) is 0 Å². The van der Waals surface area contributed by atoms with Crippen molar-refractivity contribution in [2.75, 3.05) is 19.0 Å². The predicted octanol–water partition coefficient (Wildman–Crippen LogP) is 2.06. The quantitative estimate of drug-likeness (QED) is 0.884. The first-order chi connectivity index (χ1) is 11.2. The normalized spacial score (nSPS) is 15.9. The molecule has 1 atom stereocenters. The smallest absolute Gasteiger partial charge is 0.227 e. The highest BCUT2D eigenvalue weighted by molar-refractivity contribution is 5.93. The van der Waals surface area contributed by atoms with Crippen LogP contribution in [0.5, 0.6) is 0 Å². The summed E-state index contributed by atoms with van der Waals surface area (Å²) in [6.45, 7) is 1.36. The fraction of sp³-hybridized carbons (Fsp3) is 0.529. The van der Waals surface area contributed by atoms with Crippen molar-refractivity contribution in [2.45, 2.75) is 44.8 Å². The van der Waals surface area contributed by atoms with Crippen molar-refractivity contribution in [3.63, 3.8) is 0 Å². The van der Waals surface area contributed by atoms with Crippen molar-refractivity contribution < 1.29 is 9.53 Å². The summed E-state index contributed by atoms with van der Waals surface area (Å²) < 4.78 is 7.45. The Hall–Kier alpha value is -1.92. The molecule has 0 spiro atoms. The van der Waals surface area contributed by atoms with E-state index in [0.29, 0.717) is 6.54 Å². The van der Waals surface area contributed by atoms with E-state index in [-0.39, 0.29) is 18.4 Å². The van der Waals surface area contributed by atoms with Gasteiger partial charge in [-0.15, -0.1) is 0 Å². The molecule has 6 nitrogen and oxygen atoms in total. The van der Waals surface area contributed by atoms with Crippen LogP contribution in [0.15, 0.2) is 18.2 Å². The van der Waals surface area contributed by atoms with Crippen LogP contribution in [0.4, 0.5) is 5.69 Å². The molecule has 6 heteroatoms. The summed E-state index contributed by atoms with van der Waals surface area (Å²) in [6, 6.07) is 5.92. The van der Waals surface area contributed by atoms with Crippen LogP contribution in [0.1, 0.15) is 31.5 Å². The monoisotopic (exact) mass is 316 g/mol. The number of ether oxygens (including phenoxy) is 1. The molecule has 0 aliphatic carbocycles. The maximum absolute atomic E-state index is 12.0. The van der Waals surface area contributed by atoms with E-state index in [1.165, 1.54) is 19.3 Å². The molecule has 1 aliphatic heterocycles. The molecule has 2 aromatic rings. The lowest BCUT2D eigenvalue weighted by Gasteiger charge is -2.12. The molecule has 2 heterocycles. The summed E-state index contributed by atoms with van der Waals surface area (Å²) in [7, 11) is 1.56. The van der Waals surface area contributed by atoms with Crippen LogP contribution in [0, 0.1) is 0 Å². The van der Waals surface area contributed by atoms with Crippen LogP contribution in [0.3, 0.4) is 0 Å². The molecule has 0 saturated heterocycles. The maximum Gasteiger partial charge on any atom is 0.227 e. The number of carbonyl (C=O) groups excluding carboxylic acids is 1. The summed E-state index contributed by atoms with van der Waals surface area (Å²) in [4.78, 5) is 16.8. The van der Waals surface area contributed by atoms with Crippen LogP contribution in [-0.4, -0.2) is 35.2 Å². The van der Waals surface area contributed by atoms with Gasteiger partial charge in [-0.3, -0.25) is 4.79 Å².